The largest absolute Gasteiger partial charge is 0.506 e. The number of aromatic hydroxyl groups is 1. The average molecular weight is 419 g/mol. The van der Waals surface area contributed by atoms with Gasteiger partial charge in [0.25, 0.3) is 0 Å². The Hall–Kier alpha value is 0.290. The van der Waals surface area contributed by atoms with Crippen LogP contribution in [0.5, 0.6) is 5.75 Å². The zero-order valence-electron chi connectivity index (χ0n) is 11.5. The number of phenols is 1. The van der Waals surface area contributed by atoms with E-state index in [0.29, 0.717) is 10.9 Å². The average Bonchev–Trinajstić information content (AvgIpc) is 3.24. The van der Waals surface area contributed by atoms with Gasteiger partial charge in [-0.3, -0.25) is 4.90 Å². The van der Waals surface area contributed by atoms with Crippen molar-refractivity contribution in [3.8, 4) is 5.75 Å². The van der Waals surface area contributed by atoms with Gasteiger partial charge in [-0.1, -0.05) is 27.5 Å². The highest BCUT2D eigenvalue weighted by atomic mass is 79.9. The van der Waals surface area contributed by atoms with Crippen LogP contribution < -0.4 is 5.32 Å². The van der Waals surface area contributed by atoms with Crippen LogP contribution in [-0.2, 0) is 0 Å². The normalized spacial score (nSPS) is 20.3. The molecule has 2 fully saturated rings. The predicted octanol–water partition coefficient (Wildman–Crippen LogP) is 4.01. The molecule has 1 aliphatic heterocycles. The highest BCUT2D eigenvalue weighted by Crippen LogP contribution is 2.50. The first kappa shape index (κ1) is 19.3. The SMILES string of the molecule is Cl.Cl.Oc1c(Cl)ccc(Br)c1[C@@H](C1CC1)N1CCNCC1. The summed E-state index contributed by atoms with van der Waals surface area (Å²) < 4.78 is 0.963. The van der Waals surface area contributed by atoms with E-state index in [1.54, 1.807) is 6.07 Å². The topological polar surface area (TPSA) is 35.5 Å². The molecule has 0 amide bonds. The minimum Gasteiger partial charge on any atom is -0.506 e. The Balaban J connectivity index is 0.00000110. The van der Waals surface area contributed by atoms with E-state index in [1.165, 1.54) is 12.8 Å². The Bertz CT molecular complexity index is 480. The van der Waals surface area contributed by atoms with Crippen LogP contribution >= 0.6 is 52.3 Å². The van der Waals surface area contributed by atoms with Crippen molar-refractivity contribution in [2.75, 3.05) is 26.2 Å². The number of hydrogen-bond acceptors (Lipinski definition) is 3. The fourth-order valence-electron chi connectivity index (χ4n) is 2.93. The van der Waals surface area contributed by atoms with Crippen molar-refractivity contribution in [1.29, 1.82) is 0 Å². The molecule has 0 unspecified atom stereocenters. The third kappa shape index (κ3) is 4.18. The van der Waals surface area contributed by atoms with Crippen LogP contribution in [0.25, 0.3) is 0 Å². The van der Waals surface area contributed by atoms with Gasteiger partial charge in [-0.25, -0.2) is 0 Å². The lowest BCUT2D eigenvalue weighted by Gasteiger charge is -2.36. The Morgan fingerprint density at radius 3 is 2.43 bits per heavy atom. The van der Waals surface area contributed by atoms with Crippen LogP contribution in [0.1, 0.15) is 24.4 Å². The molecular formula is C14H20BrCl3N2O. The zero-order chi connectivity index (χ0) is 13.4. The van der Waals surface area contributed by atoms with E-state index in [0.717, 1.165) is 36.2 Å². The molecule has 120 valence electrons. The first-order valence-electron chi connectivity index (χ1n) is 6.80. The molecule has 3 rings (SSSR count). The number of rotatable bonds is 3. The Morgan fingerprint density at radius 2 is 1.86 bits per heavy atom. The van der Waals surface area contributed by atoms with E-state index in [1.807, 2.05) is 6.07 Å². The lowest BCUT2D eigenvalue weighted by molar-refractivity contribution is 0.153. The van der Waals surface area contributed by atoms with E-state index < -0.39 is 0 Å². The number of halogens is 4. The van der Waals surface area contributed by atoms with E-state index in [-0.39, 0.29) is 36.6 Å². The van der Waals surface area contributed by atoms with Gasteiger partial charge in [0.2, 0.25) is 0 Å². The summed E-state index contributed by atoms with van der Waals surface area (Å²) in [5, 5.41) is 14.2. The summed E-state index contributed by atoms with van der Waals surface area (Å²) in [6.07, 6.45) is 2.49. The van der Waals surface area contributed by atoms with E-state index >= 15 is 0 Å². The van der Waals surface area contributed by atoms with Crippen LogP contribution in [-0.4, -0.2) is 36.2 Å². The molecule has 1 saturated heterocycles. The fraction of sp³-hybridized carbons (Fsp3) is 0.571. The first-order valence-corrected chi connectivity index (χ1v) is 7.97. The summed E-state index contributed by atoms with van der Waals surface area (Å²) >= 11 is 9.68. The number of hydrogen-bond donors (Lipinski definition) is 2. The lowest BCUT2D eigenvalue weighted by Crippen LogP contribution is -2.45. The van der Waals surface area contributed by atoms with Gasteiger partial charge in [-0.2, -0.15) is 0 Å². The smallest absolute Gasteiger partial charge is 0.140 e. The van der Waals surface area contributed by atoms with Gasteiger partial charge in [0, 0.05) is 42.3 Å². The number of benzene rings is 1. The van der Waals surface area contributed by atoms with Crippen LogP contribution in [0.4, 0.5) is 0 Å². The molecule has 1 saturated carbocycles. The number of phenolic OH excluding ortho intramolecular Hbond substituents is 1. The van der Waals surface area contributed by atoms with Crippen LogP contribution in [0, 0.1) is 5.92 Å². The molecule has 3 nitrogen and oxygen atoms in total. The van der Waals surface area contributed by atoms with E-state index in [2.05, 4.69) is 26.1 Å². The van der Waals surface area contributed by atoms with E-state index in [4.69, 9.17) is 11.6 Å². The molecule has 21 heavy (non-hydrogen) atoms. The summed E-state index contributed by atoms with van der Waals surface area (Å²) in [6.45, 7) is 4.09. The van der Waals surface area contributed by atoms with E-state index in [9.17, 15) is 5.11 Å². The summed E-state index contributed by atoms with van der Waals surface area (Å²) in [5.41, 5.74) is 0.969. The molecule has 1 aromatic rings. The van der Waals surface area contributed by atoms with Gasteiger partial charge in [-0.15, -0.1) is 24.8 Å². The third-order valence-electron chi connectivity index (χ3n) is 4.02. The molecular weight excluding hydrogens is 398 g/mol. The second-order valence-corrected chi connectivity index (χ2v) is 6.62. The molecule has 1 atom stereocenters. The van der Waals surface area contributed by atoms with Crippen molar-refractivity contribution in [3.63, 3.8) is 0 Å². The molecule has 0 spiro atoms. The van der Waals surface area contributed by atoms with Crippen molar-refractivity contribution in [2.24, 2.45) is 5.92 Å². The highest BCUT2D eigenvalue weighted by molar-refractivity contribution is 9.10. The van der Waals surface area contributed by atoms with Crippen LogP contribution in [0.2, 0.25) is 5.02 Å². The van der Waals surface area contributed by atoms with Crippen molar-refractivity contribution in [3.05, 3.63) is 27.2 Å². The Morgan fingerprint density at radius 1 is 1.24 bits per heavy atom. The Kier molecular flexibility index (Phi) is 7.58. The molecule has 0 aromatic heterocycles. The van der Waals surface area contributed by atoms with Gasteiger partial charge in [0.15, 0.2) is 0 Å². The zero-order valence-corrected chi connectivity index (χ0v) is 15.5. The molecule has 2 aliphatic rings. The molecule has 1 aliphatic carbocycles. The second kappa shape index (κ2) is 8.23. The molecule has 0 radical (unpaired) electrons. The van der Waals surface area contributed by atoms with Crippen molar-refractivity contribution >= 4 is 52.3 Å². The summed E-state index contributed by atoms with van der Waals surface area (Å²) in [5.74, 6) is 0.894. The molecule has 2 N–H and O–H groups in total. The van der Waals surface area contributed by atoms with Gasteiger partial charge < -0.3 is 10.4 Å². The quantitative estimate of drug-likeness (QED) is 0.779. The van der Waals surface area contributed by atoms with Crippen molar-refractivity contribution in [1.82, 2.24) is 10.2 Å². The third-order valence-corrected chi connectivity index (χ3v) is 5.02. The number of piperazine rings is 1. The maximum absolute atomic E-state index is 10.4. The first-order chi connectivity index (χ1) is 9.18. The maximum atomic E-state index is 10.4. The summed E-state index contributed by atoms with van der Waals surface area (Å²) in [6, 6.07) is 3.97. The number of nitrogens with one attached hydrogen (secondary N) is 1. The molecule has 0 bridgehead atoms. The van der Waals surface area contributed by atoms with Gasteiger partial charge in [-0.05, 0) is 30.9 Å². The Labute approximate surface area is 151 Å². The predicted molar refractivity (Wildman–Crippen MR) is 95.2 cm³/mol. The van der Waals surface area contributed by atoms with Crippen LogP contribution in [0.3, 0.4) is 0 Å². The lowest BCUT2D eigenvalue weighted by atomic mass is 9.98. The highest BCUT2D eigenvalue weighted by Gasteiger charge is 2.39. The molecule has 1 heterocycles. The van der Waals surface area contributed by atoms with Gasteiger partial charge in [0.05, 0.1) is 5.02 Å². The van der Waals surface area contributed by atoms with Crippen molar-refractivity contribution in [2.45, 2.75) is 18.9 Å². The van der Waals surface area contributed by atoms with Crippen molar-refractivity contribution < 1.29 is 5.11 Å². The fourth-order valence-corrected chi connectivity index (χ4v) is 3.65. The second-order valence-electron chi connectivity index (χ2n) is 5.36. The van der Waals surface area contributed by atoms with Gasteiger partial charge >= 0.3 is 0 Å². The maximum Gasteiger partial charge on any atom is 0.140 e. The summed E-state index contributed by atoms with van der Waals surface area (Å²) in [7, 11) is 0. The standard InChI is InChI=1S/C14H18BrClN2O.2ClH/c15-10-3-4-11(16)14(19)12(10)13(9-1-2-9)18-7-5-17-6-8-18;;/h3-4,9,13,17,19H,1-2,5-8H2;2*1H/t13-;;/m1../s1. The molecule has 1 aromatic carbocycles. The van der Waals surface area contributed by atoms with Gasteiger partial charge in [0.1, 0.15) is 5.75 Å². The molecule has 7 heteroatoms. The minimum atomic E-state index is 0. The minimum absolute atomic E-state index is 0. The summed E-state index contributed by atoms with van der Waals surface area (Å²) in [4.78, 5) is 2.48. The number of nitrogens with zero attached hydrogens (tertiary/aromatic N) is 1. The monoisotopic (exact) mass is 416 g/mol. The van der Waals surface area contributed by atoms with Crippen LogP contribution in [0.15, 0.2) is 16.6 Å².